The summed E-state index contributed by atoms with van der Waals surface area (Å²) in [6.45, 7) is 3.97. The fourth-order valence-electron chi connectivity index (χ4n) is 1.42. The molecule has 0 aliphatic carbocycles. The largest absolute Gasteiger partial charge is 0.465 e. The molecule has 0 spiro atoms. The summed E-state index contributed by atoms with van der Waals surface area (Å²) in [6.07, 6.45) is 0.412. The Balaban J connectivity index is 2.81. The van der Waals surface area contributed by atoms with Crippen molar-refractivity contribution in [1.82, 2.24) is 0 Å². The summed E-state index contributed by atoms with van der Waals surface area (Å²) in [4.78, 5) is 11.0. The smallest absolute Gasteiger partial charge is 0.320 e. The van der Waals surface area contributed by atoms with Gasteiger partial charge in [-0.05, 0) is 59.5 Å². The van der Waals surface area contributed by atoms with E-state index in [2.05, 4.69) is 31.9 Å². The monoisotopic (exact) mass is 366 g/mol. The van der Waals surface area contributed by atoms with Gasteiger partial charge in [-0.15, -0.1) is 0 Å². The van der Waals surface area contributed by atoms with Gasteiger partial charge >= 0.3 is 5.97 Å². The third kappa shape index (κ3) is 4.07. The summed E-state index contributed by atoms with van der Waals surface area (Å²) in [5.41, 5.74) is 1.73. The minimum Gasteiger partial charge on any atom is -0.465 e. The van der Waals surface area contributed by atoms with Gasteiger partial charge in [-0.3, -0.25) is 4.79 Å². The summed E-state index contributed by atoms with van der Waals surface area (Å²) in [5, 5.41) is 0. The maximum atomic E-state index is 13.4. The van der Waals surface area contributed by atoms with Crippen LogP contribution in [0, 0.1) is 12.7 Å². The predicted molar refractivity (Wildman–Crippen MR) is 71.9 cm³/mol. The van der Waals surface area contributed by atoms with Crippen LogP contribution in [0.4, 0.5) is 4.39 Å². The van der Waals surface area contributed by atoms with Crippen LogP contribution in [0.25, 0.3) is 0 Å². The maximum absolute atomic E-state index is 13.4. The highest BCUT2D eigenvalue weighted by Gasteiger charge is 2.18. The van der Waals surface area contributed by atoms with Crippen molar-refractivity contribution < 1.29 is 13.9 Å². The SMILES string of the molecule is CCOC(=O)C(Br)Cc1cc(F)c(Br)cc1C. The third-order valence-corrected chi connectivity index (χ3v) is 3.63. The van der Waals surface area contributed by atoms with Crippen molar-refractivity contribution in [2.24, 2.45) is 0 Å². The molecule has 0 bridgehead atoms. The Labute approximate surface area is 117 Å². The lowest BCUT2D eigenvalue weighted by Gasteiger charge is -2.11. The summed E-state index contributed by atoms with van der Waals surface area (Å²) in [5.74, 6) is -0.649. The zero-order chi connectivity index (χ0) is 13.0. The highest BCUT2D eigenvalue weighted by Crippen LogP contribution is 2.23. The quantitative estimate of drug-likeness (QED) is 0.598. The van der Waals surface area contributed by atoms with E-state index in [4.69, 9.17) is 4.74 Å². The lowest BCUT2D eigenvalue weighted by atomic mass is 10.0. The average Bonchev–Trinajstić information content (AvgIpc) is 2.26. The van der Waals surface area contributed by atoms with Crippen LogP contribution in [0.1, 0.15) is 18.1 Å². The average molecular weight is 368 g/mol. The Bertz CT molecular complexity index is 421. The van der Waals surface area contributed by atoms with Gasteiger partial charge in [0.2, 0.25) is 0 Å². The number of halogens is 3. The van der Waals surface area contributed by atoms with Crippen molar-refractivity contribution in [1.29, 1.82) is 0 Å². The van der Waals surface area contributed by atoms with Gasteiger partial charge in [0.15, 0.2) is 0 Å². The summed E-state index contributed by atoms with van der Waals surface area (Å²) < 4.78 is 18.7. The second kappa shape index (κ2) is 6.50. The van der Waals surface area contributed by atoms with Gasteiger partial charge in [-0.25, -0.2) is 4.39 Å². The Hall–Kier alpha value is -0.420. The second-order valence-corrected chi connectivity index (χ2v) is 5.58. The van der Waals surface area contributed by atoms with Crippen molar-refractivity contribution >= 4 is 37.8 Å². The molecule has 0 heterocycles. The molecule has 1 aromatic rings. The topological polar surface area (TPSA) is 26.3 Å². The minimum atomic E-state index is -0.443. The van der Waals surface area contributed by atoms with Crippen LogP contribution in [-0.2, 0) is 16.0 Å². The number of hydrogen-bond donors (Lipinski definition) is 0. The fraction of sp³-hybridized carbons (Fsp3) is 0.417. The molecule has 5 heteroatoms. The van der Waals surface area contributed by atoms with E-state index in [0.29, 0.717) is 17.5 Å². The molecule has 0 N–H and O–H groups in total. The highest BCUT2D eigenvalue weighted by atomic mass is 79.9. The maximum Gasteiger partial charge on any atom is 0.320 e. The van der Waals surface area contributed by atoms with Crippen LogP contribution in [0.15, 0.2) is 16.6 Å². The van der Waals surface area contributed by atoms with E-state index in [9.17, 15) is 9.18 Å². The van der Waals surface area contributed by atoms with Gasteiger partial charge < -0.3 is 4.74 Å². The van der Waals surface area contributed by atoms with E-state index in [1.807, 2.05) is 6.92 Å². The number of ether oxygens (including phenoxy) is 1. The summed E-state index contributed by atoms with van der Waals surface area (Å²) >= 11 is 6.37. The van der Waals surface area contributed by atoms with Crippen LogP contribution < -0.4 is 0 Å². The first-order chi connectivity index (χ1) is 7.95. The van der Waals surface area contributed by atoms with Crippen molar-refractivity contribution in [3.05, 3.63) is 33.5 Å². The molecular formula is C12H13Br2FO2. The molecule has 0 radical (unpaired) electrons. The van der Waals surface area contributed by atoms with E-state index < -0.39 is 4.83 Å². The lowest BCUT2D eigenvalue weighted by Crippen LogP contribution is -2.20. The number of esters is 1. The van der Waals surface area contributed by atoms with E-state index in [1.54, 1.807) is 13.0 Å². The number of rotatable bonds is 4. The normalized spacial score (nSPS) is 12.3. The number of carbonyl (C=O) groups excluding carboxylic acids is 1. The van der Waals surface area contributed by atoms with Crippen LogP contribution in [-0.4, -0.2) is 17.4 Å². The van der Waals surface area contributed by atoms with Crippen LogP contribution in [0.5, 0.6) is 0 Å². The first-order valence-electron chi connectivity index (χ1n) is 5.21. The molecule has 94 valence electrons. The Morgan fingerprint density at radius 1 is 1.53 bits per heavy atom. The molecule has 1 unspecified atom stereocenters. The number of hydrogen-bond acceptors (Lipinski definition) is 2. The molecular weight excluding hydrogens is 355 g/mol. The molecule has 0 aliphatic heterocycles. The third-order valence-electron chi connectivity index (χ3n) is 2.32. The van der Waals surface area contributed by atoms with Crippen molar-refractivity contribution in [2.45, 2.75) is 25.1 Å². The van der Waals surface area contributed by atoms with Gasteiger partial charge in [0, 0.05) is 0 Å². The highest BCUT2D eigenvalue weighted by molar-refractivity contribution is 9.10. The van der Waals surface area contributed by atoms with Gasteiger partial charge in [-0.2, -0.15) is 0 Å². The van der Waals surface area contributed by atoms with Gasteiger partial charge in [-0.1, -0.05) is 15.9 Å². The first-order valence-corrected chi connectivity index (χ1v) is 6.91. The predicted octanol–water partition coefficient (Wildman–Crippen LogP) is 3.77. The summed E-state index contributed by atoms with van der Waals surface area (Å²) in [7, 11) is 0. The molecule has 0 aromatic heterocycles. The van der Waals surface area contributed by atoms with E-state index in [1.165, 1.54) is 6.07 Å². The molecule has 2 nitrogen and oxygen atoms in total. The van der Waals surface area contributed by atoms with Crippen LogP contribution in [0.3, 0.4) is 0 Å². The van der Waals surface area contributed by atoms with Gasteiger partial charge in [0.25, 0.3) is 0 Å². The first kappa shape index (κ1) is 14.6. The van der Waals surface area contributed by atoms with Crippen molar-refractivity contribution in [2.75, 3.05) is 6.61 Å². The van der Waals surface area contributed by atoms with Crippen LogP contribution in [0.2, 0.25) is 0 Å². The van der Waals surface area contributed by atoms with E-state index in [-0.39, 0.29) is 11.8 Å². The molecule has 0 aliphatic rings. The minimum absolute atomic E-state index is 0.324. The Morgan fingerprint density at radius 2 is 2.18 bits per heavy atom. The number of alkyl halides is 1. The Morgan fingerprint density at radius 3 is 2.76 bits per heavy atom. The Kier molecular flexibility index (Phi) is 5.59. The molecule has 0 saturated heterocycles. The molecule has 1 aromatic carbocycles. The molecule has 1 rings (SSSR count). The van der Waals surface area contributed by atoms with Gasteiger partial charge in [0.1, 0.15) is 10.6 Å². The zero-order valence-corrected chi connectivity index (χ0v) is 12.8. The summed E-state index contributed by atoms with van der Waals surface area (Å²) in [6, 6.07) is 3.14. The number of carbonyl (C=O) groups is 1. The zero-order valence-electron chi connectivity index (χ0n) is 9.60. The molecule has 17 heavy (non-hydrogen) atoms. The number of benzene rings is 1. The fourth-order valence-corrected chi connectivity index (χ4v) is 2.36. The molecule has 0 amide bonds. The molecule has 0 saturated carbocycles. The molecule has 1 atom stereocenters. The van der Waals surface area contributed by atoms with E-state index in [0.717, 1.165) is 11.1 Å². The molecule has 0 fully saturated rings. The van der Waals surface area contributed by atoms with Crippen molar-refractivity contribution in [3.63, 3.8) is 0 Å². The van der Waals surface area contributed by atoms with E-state index >= 15 is 0 Å². The standard InChI is InChI=1S/C12H13Br2FO2/c1-3-17-12(16)10(14)5-8-6-11(15)9(13)4-7(8)2/h4,6,10H,3,5H2,1-2H3. The number of aryl methyl sites for hydroxylation is 1. The second-order valence-electron chi connectivity index (χ2n) is 3.62. The van der Waals surface area contributed by atoms with Gasteiger partial charge in [0.05, 0.1) is 11.1 Å². The lowest BCUT2D eigenvalue weighted by molar-refractivity contribution is -0.142. The van der Waals surface area contributed by atoms with Crippen molar-refractivity contribution in [3.8, 4) is 0 Å². The van der Waals surface area contributed by atoms with Crippen LogP contribution >= 0.6 is 31.9 Å².